The molecule has 8 nitrogen and oxygen atoms in total. The maximum absolute atomic E-state index is 5.41. The molecule has 0 amide bonds. The summed E-state index contributed by atoms with van der Waals surface area (Å²) in [6.45, 7) is 17.8. The molecule has 0 aliphatic carbocycles. The van der Waals surface area contributed by atoms with Gasteiger partial charge in [-0.15, -0.1) is 34.2 Å². The van der Waals surface area contributed by atoms with E-state index in [1.807, 2.05) is 25.5 Å². The van der Waals surface area contributed by atoms with Gasteiger partial charge < -0.3 is 19.9 Å². The Morgan fingerprint density at radius 3 is 2.24 bits per heavy atom. The van der Waals surface area contributed by atoms with E-state index >= 15 is 0 Å². The molecule has 9 heteroatoms. The third-order valence-electron chi connectivity index (χ3n) is 4.74. The third-order valence-corrected chi connectivity index (χ3v) is 4.74. The molecule has 0 radical (unpaired) electrons. The average Bonchev–Trinajstić information content (AvgIpc) is 2.96. The fourth-order valence-corrected chi connectivity index (χ4v) is 3.02. The Balaban J connectivity index is 0.00000784. The lowest BCUT2D eigenvalue weighted by Gasteiger charge is -2.30. The maximum Gasteiger partial charge on any atom is 0.191 e. The van der Waals surface area contributed by atoms with E-state index in [0.29, 0.717) is 18.6 Å². The number of aromatic nitrogens is 3. The summed E-state index contributed by atoms with van der Waals surface area (Å²) in [5.41, 5.74) is 0. The molecule has 0 atom stereocenters. The standard InChI is InChI=1S/C20H41N7O.HI/c1-8-28-14-10-12-22-20(23-15-19-25-24-18(6)26(19)7)21-11-9-13-27(16(2)3)17(4)5;/h16-17H,8-15H2,1-7H3,(H2,21,22,23);1H. The summed E-state index contributed by atoms with van der Waals surface area (Å²) in [4.78, 5) is 7.20. The Labute approximate surface area is 194 Å². The molecule has 0 unspecified atom stereocenters. The topological polar surface area (TPSA) is 79.6 Å². The number of nitrogens with zero attached hydrogens (tertiary/aromatic N) is 5. The summed E-state index contributed by atoms with van der Waals surface area (Å²) in [6.07, 6.45) is 2.02. The number of halogens is 1. The minimum absolute atomic E-state index is 0. The molecule has 0 aromatic carbocycles. The lowest BCUT2D eigenvalue weighted by atomic mass is 10.2. The first-order valence-electron chi connectivity index (χ1n) is 10.6. The Hall–Kier alpha value is -0.940. The molecule has 0 spiro atoms. The molecule has 1 aromatic rings. The zero-order chi connectivity index (χ0) is 20.9. The molecule has 1 aromatic heterocycles. The van der Waals surface area contributed by atoms with Crippen LogP contribution in [-0.4, -0.2) is 70.6 Å². The summed E-state index contributed by atoms with van der Waals surface area (Å²) in [5, 5.41) is 15.1. The number of aryl methyl sites for hydroxylation is 1. The van der Waals surface area contributed by atoms with Crippen molar-refractivity contribution in [1.29, 1.82) is 0 Å². The van der Waals surface area contributed by atoms with Gasteiger partial charge in [-0.1, -0.05) is 0 Å². The molecule has 0 aliphatic rings. The zero-order valence-electron chi connectivity index (χ0n) is 19.4. The van der Waals surface area contributed by atoms with Crippen LogP contribution in [0.1, 0.15) is 59.1 Å². The van der Waals surface area contributed by atoms with Crippen LogP contribution >= 0.6 is 24.0 Å². The summed E-state index contributed by atoms with van der Waals surface area (Å²) in [6, 6.07) is 1.12. The number of hydrogen-bond acceptors (Lipinski definition) is 5. The van der Waals surface area contributed by atoms with Crippen molar-refractivity contribution in [3.63, 3.8) is 0 Å². The molecule has 0 fully saturated rings. The van der Waals surface area contributed by atoms with E-state index in [9.17, 15) is 0 Å². The molecule has 0 saturated heterocycles. The Morgan fingerprint density at radius 2 is 1.72 bits per heavy atom. The fourth-order valence-electron chi connectivity index (χ4n) is 3.02. The van der Waals surface area contributed by atoms with Crippen LogP contribution in [0.3, 0.4) is 0 Å². The SMILES string of the molecule is CCOCCCNC(=NCc1nnc(C)n1C)NCCCN(C(C)C)C(C)C.I. The van der Waals surface area contributed by atoms with Gasteiger partial charge in [-0.05, 0) is 54.4 Å². The number of ether oxygens (including phenoxy) is 1. The minimum Gasteiger partial charge on any atom is -0.382 e. The van der Waals surface area contributed by atoms with Gasteiger partial charge >= 0.3 is 0 Å². The van der Waals surface area contributed by atoms with Crippen LogP contribution in [0.2, 0.25) is 0 Å². The van der Waals surface area contributed by atoms with Crippen molar-refractivity contribution in [1.82, 2.24) is 30.3 Å². The second-order valence-electron chi connectivity index (χ2n) is 7.57. The van der Waals surface area contributed by atoms with E-state index in [2.05, 4.69) is 58.4 Å². The number of rotatable bonds is 13. The zero-order valence-corrected chi connectivity index (χ0v) is 21.7. The van der Waals surface area contributed by atoms with Gasteiger partial charge in [0.05, 0.1) is 0 Å². The van der Waals surface area contributed by atoms with Gasteiger partial charge in [0.15, 0.2) is 11.8 Å². The van der Waals surface area contributed by atoms with Crippen LogP contribution in [-0.2, 0) is 18.3 Å². The fraction of sp³-hybridized carbons (Fsp3) is 0.850. The second kappa shape index (κ2) is 15.8. The van der Waals surface area contributed by atoms with Gasteiger partial charge in [0.1, 0.15) is 12.4 Å². The highest BCUT2D eigenvalue weighted by Crippen LogP contribution is 2.05. The number of aliphatic imine (C=N–C) groups is 1. The van der Waals surface area contributed by atoms with Crippen LogP contribution in [0.5, 0.6) is 0 Å². The third kappa shape index (κ3) is 11.1. The van der Waals surface area contributed by atoms with Crippen molar-refractivity contribution in [3.8, 4) is 0 Å². The number of hydrogen-bond donors (Lipinski definition) is 2. The van der Waals surface area contributed by atoms with E-state index in [0.717, 1.165) is 63.3 Å². The average molecular weight is 524 g/mol. The minimum atomic E-state index is 0. The summed E-state index contributed by atoms with van der Waals surface area (Å²) >= 11 is 0. The van der Waals surface area contributed by atoms with E-state index < -0.39 is 0 Å². The van der Waals surface area contributed by atoms with E-state index in [1.165, 1.54) is 0 Å². The number of guanidine groups is 1. The predicted molar refractivity (Wildman–Crippen MR) is 131 cm³/mol. The van der Waals surface area contributed by atoms with Gasteiger partial charge in [0.25, 0.3) is 0 Å². The largest absolute Gasteiger partial charge is 0.382 e. The summed E-state index contributed by atoms with van der Waals surface area (Å²) in [5.74, 6) is 2.57. The van der Waals surface area contributed by atoms with Crippen molar-refractivity contribution < 1.29 is 4.74 Å². The molecule has 0 aliphatic heterocycles. The predicted octanol–water partition coefficient (Wildman–Crippen LogP) is 2.71. The van der Waals surface area contributed by atoms with Crippen LogP contribution < -0.4 is 10.6 Å². The molecular formula is C20H42IN7O. The smallest absolute Gasteiger partial charge is 0.191 e. The first kappa shape index (κ1) is 28.1. The van der Waals surface area contributed by atoms with Crippen LogP contribution in [0, 0.1) is 6.92 Å². The highest BCUT2D eigenvalue weighted by Gasteiger charge is 2.12. The van der Waals surface area contributed by atoms with Crippen molar-refractivity contribution in [2.24, 2.45) is 12.0 Å². The molecule has 1 heterocycles. The highest BCUT2D eigenvalue weighted by atomic mass is 127. The van der Waals surface area contributed by atoms with Crippen molar-refractivity contribution >= 4 is 29.9 Å². The van der Waals surface area contributed by atoms with E-state index in [1.54, 1.807) is 0 Å². The maximum atomic E-state index is 5.41. The van der Waals surface area contributed by atoms with Gasteiger partial charge in [-0.2, -0.15) is 0 Å². The molecule has 0 bridgehead atoms. The highest BCUT2D eigenvalue weighted by molar-refractivity contribution is 14.0. The summed E-state index contributed by atoms with van der Waals surface area (Å²) < 4.78 is 7.38. The van der Waals surface area contributed by atoms with Crippen LogP contribution in [0.15, 0.2) is 4.99 Å². The van der Waals surface area contributed by atoms with Crippen molar-refractivity contribution in [3.05, 3.63) is 11.6 Å². The molecule has 29 heavy (non-hydrogen) atoms. The van der Waals surface area contributed by atoms with E-state index in [-0.39, 0.29) is 24.0 Å². The van der Waals surface area contributed by atoms with Crippen molar-refractivity contribution in [2.45, 2.75) is 73.0 Å². The monoisotopic (exact) mass is 523 g/mol. The quantitative estimate of drug-likeness (QED) is 0.179. The first-order chi connectivity index (χ1) is 13.4. The molecule has 0 saturated carbocycles. The van der Waals surface area contributed by atoms with Gasteiger partial charge in [0.2, 0.25) is 0 Å². The van der Waals surface area contributed by atoms with Gasteiger partial charge in [-0.3, -0.25) is 4.90 Å². The molecular weight excluding hydrogens is 481 g/mol. The Kier molecular flexibility index (Phi) is 15.3. The van der Waals surface area contributed by atoms with E-state index in [4.69, 9.17) is 4.74 Å². The lowest BCUT2D eigenvalue weighted by Crippen LogP contribution is -2.41. The first-order valence-corrected chi connectivity index (χ1v) is 10.6. The number of nitrogens with one attached hydrogen (secondary N) is 2. The summed E-state index contributed by atoms with van der Waals surface area (Å²) in [7, 11) is 1.97. The lowest BCUT2D eigenvalue weighted by molar-refractivity contribution is 0.145. The van der Waals surface area contributed by atoms with Crippen molar-refractivity contribution in [2.75, 3.05) is 32.8 Å². The Bertz CT molecular complexity index is 567. The van der Waals surface area contributed by atoms with Crippen LogP contribution in [0.25, 0.3) is 0 Å². The Morgan fingerprint density at radius 1 is 1.10 bits per heavy atom. The molecule has 170 valence electrons. The van der Waals surface area contributed by atoms with Crippen LogP contribution in [0.4, 0.5) is 0 Å². The second-order valence-corrected chi connectivity index (χ2v) is 7.57. The normalized spacial score (nSPS) is 12.0. The van der Waals surface area contributed by atoms with Gasteiger partial charge in [-0.25, -0.2) is 4.99 Å². The molecule has 1 rings (SSSR count). The molecule has 2 N–H and O–H groups in total. The van der Waals surface area contributed by atoms with Gasteiger partial charge in [0, 0.05) is 52.0 Å².